The smallest absolute Gasteiger partial charge is 0.210 e. The molecule has 0 N–H and O–H groups in total. The van der Waals surface area contributed by atoms with Gasteiger partial charge in [0.25, 0.3) is 0 Å². The normalized spacial score (nSPS) is 15.0. The van der Waals surface area contributed by atoms with Crippen LogP contribution in [0.4, 0.5) is 0 Å². The van der Waals surface area contributed by atoms with Crippen molar-refractivity contribution < 1.29 is 8.42 Å². The number of hydrogen-bond acceptors (Lipinski definition) is 3. The minimum atomic E-state index is -3.83. The molecule has 0 radical (unpaired) electrons. The van der Waals surface area contributed by atoms with Crippen LogP contribution in [0.3, 0.4) is 0 Å². The topological polar surface area (TPSA) is 52.0 Å². The van der Waals surface area contributed by atoms with Crippen LogP contribution in [-0.4, -0.2) is 18.0 Å². The molecule has 8 aromatic rings. The molecule has 2 heterocycles. The Labute approximate surface area is 283 Å². The van der Waals surface area contributed by atoms with Gasteiger partial charge in [0.2, 0.25) is 9.84 Å². The Morgan fingerprint density at radius 2 is 1.04 bits per heavy atom. The zero-order valence-electron chi connectivity index (χ0n) is 26.1. The van der Waals surface area contributed by atoms with E-state index in [9.17, 15) is 8.42 Å². The molecule has 3 aliphatic rings. The van der Waals surface area contributed by atoms with Crippen molar-refractivity contribution in [2.45, 2.75) is 15.2 Å². The Morgan fingerprint density at radius 3 is 1.71 bits per heavy atom. The fraction of sp³-hybridized carbons (Fsp3) is 0.0227. The molecule has 230 valence electrons. The van der Waals surface area contributed by atoms with Gasteiger partial charge in [0.15, 0.2) is 0 Å². The third kappa shape index (κ3) is 3.28. The molecule has 49 heavy (non-hydrogen) atoms. The summed E-state index contributed by atoms with van der Waals surface area (Å²) in [5.41, 5.74) is 14.2. The van der Waals surface area contributed by atoms with Gasteiger partial charge in [0, 0.05) is 5.56 Å². The van der Waals surface area contributed by atoms with Crippen LogP contribution in [0.1, 0.15) is 22.3 Å². The number of sulfone groups is 1. The first-order chi connectivity index (χ1) is 24.1. The molecular weight excluding hydrogens is 621 g/mol. The van der Waals surface area contributed by atoms with E-state index in [0.29, 0.717) is 16.7 Å². The summed E-state index contributed by atoms with van der Waals surface area (Å²) in [6.07, 6.45) is 0. The highest BCUT2D eigenvalue weighted by atomic mass is 32.2. The van der Waals surface area contributed by atoms with Crippen LogP contribution >= 0.6 is 0 Å². The van der Waals surface area contributed by atoms with Gasteiger partial charge in [0.1, 0.15) is 5.82 Å². The van der Waals surface area contributed by atoms with Crippen LogP contribution in [0.5, 0.6) is 0 Å². The predicted octanol–water partition coefficient (Wildman–Crippen LogP) is 9.85. The second-order valence-electron chi connectivity index (χ2n) is 13.1. The fourth-order valence-electron chi connectivity index (χ4n) is 8.81. The summed E-state index contributed by atoms with van der Waals surface area (Å²) in [5, 5.41) is 0. The lowest BCUT2D eigenvalue weighted by Crippen LogP contribution is -2.25. The molecule has 5 heteroatoms. The molecule has 7 aromatic carbocycles. The molecule has 0 saturated heterocycles. The summed E-state index contributed by atoms with van der Waals surface area (Å²) in [6.45, 7) is 0. The summed E-state index contributed by atoms with van der Waals surface area (Å²) < 4.78 is 30.8. The summed E-state index contributed by atoms with van der Waals surface area (Å²) in [5.74, 6) is 0.725. The highest BCUT2D eigenvalue weighted by Crippen LogP contribution is 2.63. The molecular formula is C44H26N2O2S. The second-order valence-corrected chi connectivity index (χ2v) is 15.0. The summed E-state index contributed by atoms with van der Waals surface area (Å²) in [7, 11) is -3.83. The fourth-order valence-corrected chi connectivity index (χ4v) is 10.5. The van der Waals surface area contributed by atoms with Gasteiger partial charge >= 0.3 is 0 Å². The van der Waals surface area contributed by atoms with Gasteiger partial charge in [-0.3, -0.25) is 4.57 Å². The third-order valence-electron chi connectivity index (χ3n) is 10.8. The van der Waals surface area contributed by atoms with Crippen molar-refractivity contribution in [3.63, 3.8) is 0 Å². The Balaban J connectivity index is 1.16. The number of aromatic nitrogens is 2. The monoisotopic (exact) mass is 646 g/mol. The van der Waals surface area contributed by atoms with Crippen molar-refractivity contribution >= 4 is 20.9 Å². The summed E-state index contributed by atoms with van der Waals surface area (Å²) in [4.78, 5) is 5.51. The first kappa shape index (κ1) is 27.0. The summed E-state index contributed by atoms with van der Waals surface area (Å²) >= 11 is 0. The van der Waals surface area contributed by atoms with E-state index < -0.39 is 15.3 Å². The molecule has 0 bridgehead atoms. The molecule has 1 aromatic heterocycles. The highest BCUT2D eigenvalue weighted by Gasteiger charge is 2.51. The van der Waals surface area contributed by atoms with E-state index in [2.05, 4.69) is 97.1 Å². The maximum atomic E-state index is 14.4. The largest absolute Gasteiger partial charge is 0.290 e. The van der Waals surface area contributed by atoms with Gasteiger partial charge in [-0.15, -0.1) is 0 Å². The molecule has 0 atom stereocenters. The molecule has 0 amide bonds. The molecule has 2 aliphatic carbocycles. The zero-order chi connectivity index (χ0) is 32.5. The molecule has 11 rings (SSSR count). The van der Waals surface area contributed by atoms with Crippen molar-refractivity contribution in [2.24, 2.45) is 0 Å². The zero-order valence-corrected chi connectivity index (χ0v) is 26.9. The molecule has 1 spiro atoms. The van der Waals surface area contributed by atoms with Gasteiger partial charge in [-0.2, -0.15) is 0 Å². The van der Waals surface area contributed by atoms with Crippen LogP contribution in [0.25, 0.3) is 61.5 Å². The second kappa shape index (κ2) is 9.31. The highest BCUT2D eigenvalue weighted by molar-refractivity contribution is 7.92. The SMILES string of the molecule is O=S1(=O)c2cc(-c3ccc4c(c3)C3(c5ccccc5-c5ccccc53)c3ccccc3-4)ccc2-n2c(-c3ccccc3)nc3cccc1c32. The van der Waals surface area contributed by atoms with Gasteiger partial charge in [-0.1, -0.05) is 127 Å². The van der Waals surface area contributed by atoms with Crippen LogP contribution < -0.4 is 0 Å². The van der Waals surface area contributed by atoms with Crippen molar-refractivity contribution in [2.75, 3.05) is 0 Å². The number of hydrogen-bond donors (Lipinski definition) is 0. The van der Waals surface area contributed by atoms with E-state index >= 15 is 0 Å². The average Bonchev–Trinajstić information content (AvgIpc) is 3.79. The number of para-hydroxylation sites is 1. The van der Waals surface area contributed by atoms with E-state index in [4.69, 9.17) is 4.98 Å². The number of nitrogens with zero attached hydrogens (tertiary/aromatic N) is 2. The Hall–Kier alpha value is -6.04. The van der Waals surface area contributed by atoms with Crippen molar-refractivity contribution in [3.8, 4) is 50.5 Å². The molecule has 0 unspecified atom stereocenters. The minimum Gasteiger partial charge on any atom is -0.290 e. The lowest BCUT2D eigenvalue weighted by molar-refractivity contribution is 0.594. The summed E-state index contributed by atoms with van der Waals surface area (Å²) in [6, 6.07) is 54.1. The molecule has 4 nitrogen and oxygen atoms in total. The molecule has 0 fully saturated rings. The van der Waals surface area contributed by atoms with Gasteiger partial charge in [0.05, 0.1) is 31.9 Å². The van der Waals surface area contributed by atoms with Crippen LogP contribution in [-0.2, 0) is 15.3 Å². The Bertz CT molecular complexity index is 2790. The van der Waals surface area contributed by atoms with E-state index in [1.165, 1.54) is 44.5 Å². The number of fused-ring (bicyclic) bond motifs is 12. The van der Waals surface area contributed by atoms with Crippen LogP contribution in [0.15, 0.2) is 168 Å². The lowest BCUT2D eigenvalue weighted by Gasteiger charge is -2.30. The third-order valence-corrected chi connectivity index (χ3v) is 12.6. The quantitative estimate of drug-likeness (QED) is 0.188. The van der Waals surface area contributed by atoms with E-state index in [-0.39, 0.29) is 9.79 Å². The first-order valence-electron chi connectivity index (χ1n) is 16.5. The van der Waals surface area contributed by atoms with E-state index in [1.807, 2.05) is 53.1 Å². The van der Waals surface area contributed by atoms with Crippen LogP contribution in [0.2, 0.25) is 0 Å². The van der Waals surface area contributed by atoms with Gasteiger partial charge in [-0.25, -0.2) is 13.4 Å². The maximum absolute atomic E-state index is 14.4. The Morgan fingerprint density at radius 1 is 0.469 bits per heavy atom. The maximum Gasteiger partial charge on any atom is 0.210 e. The van der Waals surface area contributed by atoms with E-state index in [1.54, 1.807) is 12.1 Å². The van der Waals surface area contributed by atoms with Gasteiger partial charge in [-0.05, 0) is 86.0 Å². The minimum absolute atomic E-state index is 0.284. The van der Waals surface area contributed by atoms with Crippen molar-refractivity contribution in [1.29, 1.82) is 0 Å². The number of rotatable bonds is 2. The molecule has 1 aliphatic heterocycles. The number of imidazole rings is 1. The average molecular weight is 647 g/mol. The van der Waals surface area contributed by atoms with Gasteiger partial charge < -0.3 is 0 Å². The van der Waals surface area contributed by atoms with Crippen molar-refractivity contribution in [3.05, 3.63) is 180 Å². The molecule has 0 saturated carbocycles. The standard InChI is InChI=1S/C44H26N2O2S/c47-49(48)40-20-10-19-38-42(40)46(43(45-38)27-11-2-1-3-12-27)39-24-22-29(26-41(39)49)28-21-23-33-32-15-6-9-18-36(32)44(37(33)25-28)34-16-7-4-13-30(34)31-14-5-8-17-35(31)44/h1-26H. The lowest BCUT2D eigenvalue weighted by atomic mass is 9.70. The number of benzene rings is 7. The van der Waals surface area contributed by atoms with Crippen LogP contribution in [0, 0.1) is 0 Å². The van der Waals surface area contributed by atoms with E-state index in [0.717, 1.165) is 22.5 Å². The van der Waals surface area contributed by atoms with Crippen molar-refractivity contribution in [1.82, 2.24) is 9.55 Å². The predicted molar refractivity (Wildman–Crippen MR) is 194 cm³/mol. The Kier molecular flexibility index (Phi) is 5.12. The first-order valence-corrected chi connectivity index (χ1v) is 18.0.